The number of amides is 2. The Morgan fingerprint density at radius 2 is 1.52 bits per heavy atom. The van der Waals surface area contributed by atoms with E-state index in [1.165, 1.54) is 26.0 Å². The van der Waals surface area contributed by atoms with Crippen molar-refractivity contribution in [2.45, 2.75) is 33.9 Å². The third-order valence-corrected chi connectivity index (χ3v) is 4.21. The number of rotatable bonds is 4. The number of alkyl halides is 3. The van der Waals surface area contributed by atoms with Crippen LogP contribution in [0.2, 0.25) is 0 Å². The second-order valence-electron chi connectivity index (χ2n) is 6.93. The Morgan fingerprint density at radius 3 is 2.11 bits per heavy atom. The summed E-state index contributed by atoms with van der Waals surface area (Å²) >= 11 is 0. The number of anilines is 2. The van der Waals surface area contributed by atoms with Gasteiger partial charge in [0.15, 0.2) is 0 Å². The Bertz CT molecular complexity index is 874. The number of carbonyl (C=O) groups is 2. The Hall–Kier alpha value is -2.83. The van der Waals surface area contributed by atoms with Crippen molar-refractivity contribution >= 4 is 23.2 Å². The Kier molecular flexibility index (Phi) is 5.63. The van der Waals surface area contributed by atoms with Gasteiger partial charge in [-0.15, -0.1) is 0 Å². The summed E-state index contributed by atoms with van der Waals surface area (Å²) in [6, 6.07) is 9.74. The number of benzene rings is 2. The first-order valence-electron chi connectivity index (χ1n) is 8.28. The van der Waals surface area contributed by atoms with Gasteiger partial charge in [-0.05, 0) is 57.5 Å². The van der Waals surface area contributed by atoms with Gasteiger partial charge in [0.05, 0.1) is 5.56 Å². The van der Waals surface area contributed by atoms with Gasteiger partial charge in [-0.3, -0.25) is 9.59 Å². The lowest BCUT2D eigenvalue weighted by molar-refractivity contribution is -0.138. The molecule has 0 atom stereocenters. The van der Waals surface area contributed by atoms with Crippen LogP contribution in [0, 0.1) is 19.3 Å². The summed E-state index contributed by atoms with van der Waals surface area (Å²) in [7, 11) is 0. The van der Waals surface area contributed by atoms with Crippen molar-refractivity contribution in [1.29, 1.82) is 0 Å². The van der Waals surface area contributed by atoms with Crippen LogP contribution in [-0.2, 0) is 15.8 Å². The van der Waals surface area contributed by atoms with E-state index in [2.05, 4.69) is 10.6 Å². The highest BCUT2D eigenvalue weighted by Crippen LogP contribution is 2.31. The molecule has 0 aromatic heterocycles. The zero-order valence-corrected chi connectivity index (χ0v) is 15.5. The van der Waals surface area contributed by atoms with Gasteiger partial charge in [0.2, 0.25) is 11.8 Å². The number of halogens is 3. The Morgan fingerprint density at radius 1 is 0.889 bits per heavy atom. The summed E-state index contributed by atoms with van der Waals surface area (Å²) in [5.41, 5.74) is 0.0565. The van der Waals surface area contributed by atoms with Crippen LogP contribution in [0.5, 0.6) is 0 Å². The summed E-state index contributed by atoms with van der Waals surface area (Å²) < 4.78 is 38.4. The molecule has 0 radical (unpaired) electrons. The minimum Gasteiger partial charge on any atom is -0.325 e. The Balaban J connectivity index is 2.15. The molecule has 0 aliphatic carbocycles. The smallest absolute Gasteiger partial charge is 0.325 e. The van der Waals surface area contributed by atoms with Crippen LogP contribution in [0.3, 0.4) is 0 Å². The maximum absolute atomic E-state index is 12.8. The molecular weight excluding hydrogens is 357 g/mol. The third-order valence-electron chi connectivity index (χ3n) is 4.21. The topological polar surface area (TPSA) is 58.2 Å². The van der Waals surface area contributed by atoms with Crippen LogP contribution in [0.4, 0.5) is 24.5 Å². The fourth-order valence-electron chi connectivity index (χ4n) is 2.40. The van der Waals surface area contributed by atoms with Gasteiger partial charge >= 0.3 is 6.18 Å². The monoisotopic (exact) mass is 378 g/mol. The van der Waals surface area contributed by atoms with E-state index >= 15 is 0 Å². The third kappa shape index (κ3) is 4.87. The van der Waals surface area contributed by atoms with E-state index in [1.54, 1.807) is 6.07 Å². The molecule has 4 nitrogen and oxygen atoms in total. The molecule has 2 aromatic carbocycles. The van der Waals surface area contributed by atoms with Crippen molar-refractivity contribution in [1.82, 2.24) is 0 Å². The first kappa shape index (κ1) is 20.5. The van der Waals surface area contributed by atoms with E-state index in [0.29, 0.717) is 5.69 Å². The molecule has 2 aromatic rings. The second kappa shape index (κ2) is 7.42. The molecule has 2 N–H and O–H groups in total. The van der Waals surface area contributed by atoms with Crippen molar-refractivity contribution in [3.05, 3.63) is 59.2 Å². The van der Waals surface area contributed by atoms with Crippen LogP contribution in [-0.4, -0.2) is 11.8 Å². The van der Waals surface area contributed by atoms with Crippen molar-refractivity contribution in [2.24, 2.45) is 5.41 Å². The van der Waals surface area contributed by atoms with E-state index in [9.17, 15) is 22.8 Å². The lowest BCUT2D eigenvalue weighted by Crippen LogP contribution is -2.41. The van der Waals surface area contributed by atoms with E-state index in [0.717, 1.165) is 23.3 Å². The van der Waals surface area contributed by atoms with Gasteiger partial charge in [-0.25, -0.2) is 0 Å². The molecule has 0 saturated heterocycles. The molecule has 2 amide bonds. The molecule has 0 aliphatic rings. The van der Waals surface area contributed by atoms with E-state index in [1.807, 2.05) is 26.0 Å². The molecule has 0 spiro atoms. The summed E-state index contributed by atoms with van der Waals surface area (Å²) in [5, 5.41) is 5.09. The summed E-state index contributed by atoms with van der Waals surface area (Å²) in [6.07, 6.45) is -4.52. The highest BCUT2D eigenvalue weighted by molar-refractivity contribution is 6.14. The summed E-state index contributed by atoms with van der Waals surface area (Å²) in [4.78, 5) is 25.1. The summed E-state index contributed by atoms with van der Waals surface area (Å²) in [5.74, 6) is -1.26. The quantitative estimate of drug-likeness (QED) is 0.742. The molecule has 2 rings (SSSR count). The van der Waals surface area contributed by atoms with Crippen molar-refractivity contribution in [3.63, 3.8) is 0 Å². The van der Waals surface area contributed by atoms with Gasteiger partial charge < -0.3 is 10.6 Å². The van der Waals surface area contributed by atoms with Crippen molar-refractivity contribution in [3.8, 4) is 0 Å². The molecule has 0 heterocycles. The SMILES string of the molecule is Cc1ccc(NC(=O)C(C)(C)C(=O)Nc2cccc(C(F)(F)F)c2)c(C)c1. The maximum Gasteiger partial charge on any atom is 0.416 e. The predicted molar refractivity (Wildman–Crippen MR) is 98.4 cm³/mol. The number of hydrogen-bond acceptors (Lipinski definition) is 2. The number of aryl methyl sites for hydroxylation is 2. The fraction of sp³-hybridized carbons (Fsp3) is 0.300. The molecule has 0 unspecified atom stereocenters. The number of carbonyl (C=O) groups excluding carboxylic acids is 2. The largest absolute Gasteiger partial charge is 0.416 e. The molecule has 0 aliphatic heterocycles. The molecule has 27 heavy (non-hydrogen) atoms. The van der Waals surface area contributed by atoms with E-state index in [-0.39, 0.29) is 5.69 Å². The molecule has 0 saturated carbocycles. The average molecular weight is 378 g/mol. The Labute approximate surface area is 155 Å². The fourth-order valence-corrected chi connectivity index (χ4v) is 2.40. The maximum atomic E-state index is 12.8. The second-order valence-corrected chi connectivity index (χ2v) is 6.93. The van der Waals surface area contributed by atoms with Crippen LogP contribution in [0.1, 0.15) is 30.5 Å². The molecule has 144 valence electrons. The lowest BCUT2D eigenvalue weighted by Gasteiger charge is -2.23. The van der Waals surface area contributed by atoms with Crippen LogP contribution in [0.25, 0.3) is 0 Å². The predicted octanol–water partition coefficient (Wildman–Crippen LogP) is 4.93. The van der Waals surface area contributed by atoms with Gasteiger partial charge in [0.25, 0.3) is 0 Å². The zero-order chi connectivity index (χ0) is 20.4. The number of nitrogens with one attached hydrogen (secondary N) is 2. The van der Waals surface area contributed by atoms with E-state index in [4.69, 9.17) is 0 Å². The molecule has 0 bridgehead atoms. The van der Waals surface area contributed by atoms with E-state index < -0.39 is 29.0 Å². The number of hydrogen-bond donors (Lipinski definition) is 2. The molecule has 0 fully saturated rings. The molecule has 7 heteroatoms. The normalized spacial score (nSPS) is 11.8. The highest BCUT2D eigenvalue weighted by atomic mass is 19.4. The van der Waals surface area contributed by atoms with Crippen LogP contribution >= 0.6 is 0 Å². The minimum atomic E-state index is -4.52. The van der Waals surface area contributed by atoms with Crippen molar-refractivity contribution in [2.75, 3.05) is 10.6 Å². The standard InChI is InChI=1S/C20H21F3N2O2/c1-12-8-9-16(13(2)10-12)25-18(27)19(3,4)17(26)24-15-7-5-6-14(11-15)20(21,22)23/h5-11H,1-4H3,(H,24,26)(H,25,27). The van der Waals surface area contributed by atoms with Gasteiger partial charge in [0.1, 0.15) is 5.41 Å². The summed E-state index contributed by atoms with van der Waals surface area (Å²) in [6.45, 7) is 6.58. The zero-order valence-electron chi connectivity index (χ0n) is 15.5. The lowest BCUT2D eigenvalue weighted by atomic mass is 9.90. The average Bonchev–Trinajstić information content (AvgIpc) is 2.56. The van der Waals surface area contributed by atoms with Gasteiger partial charge in [-0.2, -0.15) is 13.2 Å². The van der Waals surface area contributed by atoms with Gasteiger partial charge in [0, 0.05) is 11.4 Å². The first-order chi connectivity index (χ1) is 12.4. The first-order valence-corrected chi connectivity index (χ1v) is 8.28. The van der Waals surface area contributed by atoms with Gasteiger partial charge in [-0.1, -0.05) is 23.8 Å². The van der Waals surface area contributed by atoms with Crippen LogP contribution < -0.4 is 10.6 Å². The highest BCUT2D eigenvalue weighted by Gasteiger charge is 2.37. The minimum absolute atomic E-state index is 0.0257. The molecular formula is C20H21F3N2O2. The van der Waals surface area contributed by atoms with Crippen LogP contribution in [0.15, 0.2) is 42.5 Å². The van der Waals surface area contributed by atoms with Crippen molar-refractivity contribution < 1.29 is 22.8 Å².